The van der Waals surface area contributed by atoms with Gasteiger partial charge >= 0.3 is 6.09 Å². The maximum absolute atomic E-state index is 12.4. The molecule has 3 rings (SSSR count). The van der Waals surface area contributed by atoms with Gasteiger partial charge in [0.05, 0.1) is 12.3 Å². The van der Waals surface area contributed by atoms with Crippen LogP contribution >= 0.6 is 15.9 Å². The molecule has 0 radical (unpaired) electrons. The fourth-order valence-electron chi connectivity index (χ4n) is 2.66. The van der Waals surface area contributed by atoms with E-state index < -0.39 is 8.32 Å². The van der Waals surface area contributed by atoms with Crippen molar-refractivity contribution in [3.8, 4) is 5.75 Å². The maximum Gasteiger partial charge on any atom is 0.415 e. The van der Waals surface area contributed by atoms with Gasteiger partial charge in [0.2, 0.25) is 0 Å². The number of rotatable bonds is 3. The number of halogens is 1. The van der Waals surface area contributed by atoms with Gasteiger partial charge in [-0.3, -0.25) is 4.90 Å². The summed E-state index contributed by atoms with van der Waals surface area (Å²) in [5.41, 5.74) is 0.759. The Kier molecular flexibility index (Phi) is 4.47. The third-order valence-corrected chi connectivity index (χ3v) is 10.2. The van der Waals surface area contributed by atoms with E-state index in [1.165, 1.54) is 0 Å². The van der Waals surface area contributed by atoms with E-state index in [0.717, 1.165) is 10.2 Å². The third kappa shape index (κ3) is 3.09. The van der Waals surface area contributed by atoms with E-state index in [4.69, 9.17) is 13.9 Å². The lowest BCUT2D eigenvalue weighted by atomic mass is 10.1. The molecule has 0 aliphatic carbocycles. The predicted octanol–water partition coefficient (Wildman–Crippen LogP) is 4.56. The first kappa shape index (κ1) is 17.8. The van der Waals surface area contributed by atoms with Crippen LogP contribution in [0.2, 0.25) is 18.1 Å². The van der Waals surface area contributed by atoms with Gasteiger partial charge in [0.25, 0.3) is 0 Å². The fourth-order valence-corrected chi connectivity index (χ4v) is 4.01. The van der Waals surface area contributed by atoms with Crippen molar-refractivity contribution >= 4 is 36.0 Å². The summed E-state index contributed by atoms with van der Waals surface area (Å²) in [6.45, 7) is 11.8. The second kappa shape index (κ2) is 6.03. The van der Waals surface area contributed by atoms with Crippen molar-refractivity contribution in [3.63, 3.8) is 0 Å². The summed E-state index contributed by atoms with van der Waals surface area (Å²) >= 11 is 3.43. The topological polar surface area (TPSA) is 48.0 Å². The standard InChI is InChI=1S/C17H24BrNO4Si/c1-17(2,3)24(4,5)22-10-15-13-9-21-14-8-11(18)6-7-12(14)19(13)16(20)23-15/h6-8,13,15H,9-10H2,1-5H3/t13-,15-/m0/s1. The molecule has 2 aliphatic rings. The first-order valence-corrected chi connectivity index (χ1v) is 11.9. The molecule has 2 aliphatic heterocycles. The number of hydrogen-bond donors (Lipinski definition) is 0. The highest BCUT2D eigenvalue weighted by Crippen LogP contribution is 2.41. The number of benzene rings is 1. The van der Waals surface area contributed by atoms with Crippen LogP contribution in [0.5, 0.6) is 5.75 Å². The monoisotopic (exact) mass is 413 g/mol. The minimum Gasteiger partial charge on any atom is -0.489 e. The Labute approximate surface area is 152 Å². The largest absolute Gasteiger partial charge is 0.489 e. The van der Waals surface area contributed by atoms with Crippen LogP contribution in [0.3, 0.4) is 0 Å². The number of anilines is 1. The molecule has 0 spiro atoms. The number of carbonyl (C=O) groups excluding carboxylic acids is 1. The third-order valence-electron chi connectivity index (χ3n) is 5.22. The van der Waals surface area contributed by atoms with E-state index in [1.54, 1.807) is 4.90 Å². The number of fused-ring (bicyclic) bond motifs is 3. The molecule has 0 N–H and O–H groups in total. The zero-order valence-electron chi connectivity index (χ0n) is 14.8. The molecule has 0 aromatic heterocycles. The van der Waals surface area contributed by atoms with Gasteiger partial charge in [0, 0.05) is 4.47 Å². The Morgan fingerprint density at radius 3 is 2.75 bits per heavy atom. The summed E-state index contributed by atoms with van der Waals surface area (Å²) in [5, 5.41) is 0.122. The molecule has 0 saturated carbocycles. The van der Waals surface area contributed by atoms with E-state index in [9.17, 15) is 4.79 Å². The average molecular weight is 414 g/mol. The zero-order valence-corrected chi connectivity index (χ0v) is 17.3. The summed E-state index contributed by atoms with van der Waals surface area (Å²) in [4.78, 5) is 14.1. The molecule has 1 aromatic carbocycles. The van der Waals surface area contributed by atoms with Crippen LogP contribution in [0.25, 0.3) is 0 Å². The second-order valence-electron chi connectivity index (χ2n) is 7.85. The summed E-state index contributed by atoms with van der Waals surface area (Å²) in [6, 6.07) is 5.51. The second-order valence-corrected chi connectivity index (χ2v) is 13.6. The van der Waals surface area contributed by atoms with E-state index >= 15 is 0 Å². The molecule has 1 saturated heterocycles. The highest BCUT2D eigenvalue weighted by atomic mass is 79.9. The average Bonchev–Trinajstić information content (AvgIpc) is 2.80. The molecule has 5 nitrogen and oxygen atoms in total. The lowest BCUT2D eigenvalue weighted by molar-refractivity contribution is 0.0770. The van der Waals surface area contributed by atoms with Gasteiger partial charge in [-0.15, -0.1) is 0 Å². The van der Waals surface area contributed by atoms with Gasteiger partial charge < -0.3 is 13.9 Å². The van der Waals surface area contributed by atoms with Crippen LogP contribution in [0.4, 0.5) is 10.5 Å². The summed E-state index contributed by atoms with van der Waals surface area (Å²) < 4.78 is 18.6. The van der Waals surface area contributed by atoms with Gasteiger partial charge in [-0.2, -0.15) is 0 Å². The summed E-state index contributed by atoms with van der Waals surface area (Å²) in [7, 11) is -1.89. The molecule has 2 heterocycles. The SMILES string of the molecule is CC(C)(C)[Si](C)(C)OC[C@@H]1OC(=O)N2c3ccc(Br)cc3OC[C@@H]12. The number of cyclic esters (lactones) is 1. The molecule has 24 heavy (non-hydrogen) atoms. The molecular weight excluding hydrogens is 390 g/mol. The van der Waals surface area contributed by atoms with Crippen LogP contribution in [0.1, 0.15) is 20.8 Å². The van der Waals surface area contributed by atoms with Gasteiger partial charge in [0.15, 0.2) is 8.32 Å². The molecule has 0 bridgehead atoms. The normalized spacial score (nSPS) is 23.4. The van der Waals surface area contributed by atoms with Gasteiger partial charge in [0.1, 0.15) is 24.5 Å². The van der Waals surface area contributed by atoms with E-state index in [0.29, 0.717) is 19.0 Å². The molecule has 132 valence electrons. The van der Waals surface area contributed by atoms with Crippen molar-refractivity contribution in [2.45, 2.75) is 51.0 Å². The molecule has 1 fully saturated rings. The summed E-state index contributed by atoms with van der Waals surface area (Å²) in [6.07, 6.45) is -0.626. The van der Waals surface area contributed by atoms with E-state index in [2.05, 4.69) is 49.8 Å². The smallest absolute Gasteiger partial charge is 0.415 e. The maximum atomic E-state index is 12.4. The Bertz CT molecular complexity index is 658. The Morgan fingerprint density at radius 1 is 1.38 bits per heavy atom. The first-order valence-electron chi connectivity index (χ1n) is 8.16. The Balaban J connectivity index is 1.76. The van der Waals surface area contributed by atoms with Crippen molar-refractivity contribution in [1.29, 1.82) is 0 Å². The number of amides is 1. The van der Waals surface area contributed by atoms with Crippen molar-refractivity contribution in [2.75, 3.05) is 18.1 Å². The van der Waals surface area contributed by atoms with E-state index in [-0.39, 0.29) is 23.3 Å². The number of hydrogen-bond acceptors (Lipinski definition) is 4. The van der Waals surface area contributed by atoms with Crippen LogP contribution < -0.4 is 9.64 Å². The minimum atomic E-state index is -1.89. The molecule has 2 atom stereocenters. The number of nitrogens with zero attached hydrogens (tertiary/aromatic N) is 1. The Hall–Kier alpha value is -1.05. The molecule has 1 amide bonds. The number of carbonyl (C=O) groups is 1. The van der Waals surface area contributed by atoms with Crippen molar-refractivity contribution in [2.24, 2.45) is 0 Å². The zero-order chi connectivity index (χ0) is 17.7. The molecular formula is C17H24BrNO4Si. The van der Waals surface area contributed by atoms with Crippen molar-refractivity contribution in [3.05, 3.63) is 22.7 Å². The van der Waals surface area contributed by atoms with Crippen molar-refractivity contribution in [1.82, 2.24) is 0 Å². The quantitative estimate of drug-likeness (QED) is 0.681. The van der Waals surface area contributed by atoms with Crippen molar-refractivity contribution < 1.29 is 18.7 Å². The van der Waals surface area contributed by atoms with Crippen LogP contribution in [-0.4, -0.2) is 39.8 Å². The molecule has 7 heteroatoms. The predicted molar refractivity (Wildman–Crippen MR) is 99.3 cm³/mol. The molecule has 0 unspecified atom stereocenters. The molecule has 1 aromatic rings. The van der Waals surface area contributed by atoms with Gasteiger partial charge in [-0.05, 0) is 36.3 Å². The van der Waals surface area contributed by atoms with E-state index in [1.807, 2.05) is 18.2 Å². The Morgan fingerprint density at radius 2 is 2.08 bits per heavy atom. The lowest BCUT2D eigenvalue weighted by Gasteiger charge is -2.37. The highest BCUT2D eigenvalue weighted by Gasteiger charge is 2.48. The van der Waals surface area contributed by atoms with Crippen LogP contribution in [0, 0.1) is 0 Å². The highest BCUT2D eigenvalue weighted by molar-refractivity contribution is 9.10. The first-order chi connectivity index (χ1) is 11.1. The fraction of sp³-hybridized carbons (Fsp3) is 0.588. The lowest BCUT2D eigenvalue weighted by Crippen LogP contribution is -2.48. The van der Waals surface area contributed by atoms with Gasteiger partial charge in [-0.1, -0.05) is 36.7 Å². The van der Waals surface area contributed by atoms with Crippen LogP contribution in [-0.2, 0) is 9.16 Å². The summed E-state index contributed by atoms with van der Waals surface area (Å²) in [5.74, 6) is 0.698. The number of ether oxygens (including phenoxy) is 2. The minimum absolute atomic E-state index is 0.122. The van der Waals surface area contributed by atoms with Crippen LogP contribution in [0.15, 0.2) is 22.7 Å². The van der Waals surface area contributed by atoms with Gasteiger partial charge in [-0.25, -0.2) is 4.79 Å².